The Balaban J connectivity index is 1.94. The van der Waals surface area contributed by atoms with E-state index in [-0.39, 0.29) is 24.2 Å². The second-order valence-corrected chi connectivity index (χ2v) is 8.04. The first-order valence-corrected chi connectivity index (χ1v) is 10.0. The van der Waals surface area contributed by atoms with Crippen LogP contribution >= 0.6 is 0 Å². The van der Waals surface area contributed by atoms with Crippen LogP contribution in [0.5, 0.6) is 0 Å². The molecule has 2 heterocycles. The molecule has 2 N–H and O–H groups in total. The van der Waals surface area contributed by atoms with Crippen molar-refractivity contribution in [2.75, 3.05) is 43.1 Å². The fourth-order valence-corrected chi connectivity index (χ4v) is 2.94. The summed E-state index contributed by atoms with van der Waals surface area (Å²) in [6.07, 6.45) is 3.60. The van der Waals surface area contributed by atoms with Crippen LogP contribution in [0.4, 0.5) is 10.2 Å². The number of rotatable bonds is 6. The average molecular weight is 357 g/mol. The number of anilines is 1. The van der Waals surface area contributed by atoms with E-state index in [2.05, 4.69) is 20.6 Å². The number of nitrogens with one attached hydrogen (secondary N) is 2. The van der Waals surface area contributed by atoms with Gasteiger partial charge in [0.25, 0.3) is 0 Å². The van der Waals surface area contributed by atoms with Crippen LogP contribution in [-0.2, 0) is 9.84 Å². The quantitative estimate of drug-likeness (QED) is 0.566. The first-order valence-electron chi connectivity index (χ1n) is 7.97. The largest absolute Gasteiger partial charge is 0.357 e. The van der Waals surface area contributed by atoms with Crippen molar-refractivity contribution in [3.8, 4) is 0 Å². The van der Waals surface area contributed by atoms with E-state index in [1.165, 1.54) is 12.3 Å². The SMILES string of the molecule is CCNC(=NCCS(C)(=O)=O)NC1CCN(c2ncccc2F)C1. The lowest BCUT2D eigenvalue weighted by Crippen LogP contribution is -2.45. The van der Waals surface area contributed by atoms with E-state index in [0.717, 1.165) is 6.42 Å². The van der Waals surface area contributed by atoms with Crippen LogP contribution in [0.25, 0.3) is 0 Å². The molecule has 1 saturated heterocycles. The molecule has 1 atom stereocenters. The Morgan fingerprint density at radius 1 is 1.54 bits per heavy atom. The number of hydrogen-bond acceptors (Lipinski definition) is 5. The number of sulfone groups is 1. The Morgan fingerprint density at radius 3 is 3.00 bits per heavy atom. The molecular formula is C15H24FN5O2S. The summed E-state index contributed by atoms with van der Waals surface area (Å²) < 4.78 is 36.2. The van der Waals surface area contributed by atoms with Gasteiger partial charge in [-0.1, -0.05) is 0 Å². The highest BCUT2D eigenvalue weighted by atomic mass is 32.2. The molecule has 1 aromatic heterocycles. The summed E-state index contributed by atoms with van der Waals surface area (Å²) in [4.78, 5) is 10.3. The van der Waals surface area contributed by atoms with E-state index < -0.39 is 9.84 Å². The summed E-state index contributed by atoms with van der Waals surface area (Å²) in [5.74, 6) is 0.627. The Kier molecular flexibility index (Phi) is 6.36. The molecule has 0 bridgehead atoms. The van der Waals surface area contributed by atoms with Crippen molar-refractivity contribution >= 4 is 21.6 Å². The highest BCUT2D eigenvalue weighted by Gasteiger charge is 2.25. The zero-order valence-electron chi connectivity index (χ0n) is 14.0. The van der Waals surface area contributed by atoms with Crippen molar-refractivity contribution in [2.45, 2.75) is 19.4 Å². The number of hydrogen-bond donors (Lipinski definition) is 2. The molecule has 1 aliphatic heterocycles. The molecule has 0 radical (unpaired) electrons. The van der Waals surface area contributed by atoms with E-state index in [0.29, 0.717) is 31.4 Å². The van der Waals surface area contributed by atoms with Crippen molar-refractivity contribution in [1.29, 1.82) is 0 Å². The summed E-state index contributed by atoms with van der Waals surface area (Å²) in [6, 6.07) is 3.07. The van der Waals surface area contributed by atoms with Crippen LogP contribution in [0, 0.1) is 5.82 Å². The normalized spacial score (nSPS) is 18.7. The molecule has 2 rings (SSSR count). The third kappa shape index (κ3) is 5.63. The molecular weight excluding hydrogens is 333 g/mol. The molecule has 7 nitrogen and oxygen atoms in total. The summed E-state index contributed by atoms with van der Waals surface area (Å²) in [7, 11) is -3.03. The number of halogens is 1. The smallest absolute Gasteiger partial charge is 0.191 e. The van der Waals surface area contributed by atoms with Crippen molar-refractivity contribution in [2.24, 2.45) is 4.99 Å². The Bertz CT molecular complexity index is 680. The van der Waals surface area contributed by atoms with Gasteiger partial charge in [0.15, 0.2) is 17.6 Å². The fraction of sp³-hybridized carbons (Fsp3) is 0.600. The minimum atomic E-state index is -3.03. The van der Waals surface area contributed by atoms with Crippen molar-refractivity contribution in [3.63, 3.8) is 0 Å². The molecule has 1 aromatic rings. The molecule has 1 fully saturated rings. The topological polar surface area (TPSA) is 86.7 Å². The maximum absolute atomic E-state index is 13.8. The van der Waals surface area contributed by atoms with Crippen LogP contribution in [0.3, 0.4) is 0 Å². The maximum atomic E-state index is 13.8. The second-order valence-electron chi connectivity index (χ2n) is 5.78. The van der Waals surface area contributed by atoms with E-state index in [4.69, 9.17) is 0 Å². The van der Waals surface area contributed by atoms with E-state index >= 15 is 0 Å². The molecule has 1 unspecified atom stereocenters. The predicted molar refractivity (Wildman–Crippen MR) is 93.6 cm³/mol. The summed E-state index contributed by atoms with van der Waals surface area (Å²) in [5, 5.41) is 6.37. The first kappa shape index (κ1) is 18.4. The monoisotopic (exact) mass is 357 g/mol. The molecule has 24 heavy (non-hydrogen) atoms. The molecule has 0 saturated carbocycles. The molecule has 1 aliphatic rings. The van der Waals surface area contributed by atoms with Crippen LogP contribution in [0.2, 0.25) is 0 Å². The zero-order chi connectivity index (χ0) is 17.6. The van der Waals surface area contributed by atoms with Crippen molar-refractivity contribution in [3.05, 3.63) is 24.1 Å². The van der Waals surface area contributed by atoms with Crippen LogP contribution in [0.15, 0.2) is 23.3 Å². The summed E-state index contributed by atoms with van der Waals surface area (Å²) in [6.45, 7) is 4.15. The average Bonchev–Trinajstić information content (AvgIpc) is 2.95. The molecule has 0 aromatic carbocycles. The van der Waals surface area contributed by atoms with E-state index in [1.807, 2.05) is 11.8 Å². The molecule has 134 valence electrons. The first-order chi connectivity index (χ1) is 11.4. The molecule has 0 amide bonds. The van der Waals surface area contributed by atoms with Crippen LogP contribution in [-0.4, -0.2) is 63.6 Å². The highest BCUT2D eigenvalue weighted by Crippen LogP contribution is 2.20. The molecule has 0 spiro atoms. The van der Waals surface area contributed by atoms with Gasteiger partial charge in [-0.2, -0.15) is 0 Å². The molecule has 0 aliphatic carbocycles. The minimum absolute atomic E-state index is 0.0134. The lowest BCUT2D eigenvalue weighted by atomic mass is 10.3. The summed E-state index contributed by atoms with van der Waals surface area (Å²) in [5.41, 5.74) is 0. The summed E-state index contributed by atoms with van der Waals surface area (Å²) >= 11 is 0. The van der Waals surface area contributed by atoms with Gasteiger partial charge in [-0.15, -0.1) is 0 Å². The van der Waals surface area contributed by atoms with Gasteiger partial charge in [-0.3, -0.25) is 4.99 Å². The lowest BCUT2D eigenvalue weighted by Gasteiger charge is -2.19. The number of guanidine groups is 1. The van der Waals surface area contributed by atoms with Crippen molar-refractivity contribution in [1.82, 2.24) is 15.6 Å². The number of aliphatic imine (C=N–C) groups is 1. The van der Waals surface area contributed by atoms with Gasteiger partial charge < -0.3 is 15.5 Å². The molecule has 9 heteroatoms. The number of nitrogens with zero attached hydrogens (tertiary/aromatic N) is 3. The van der Waals surface area contributed by atoms with E-state index in [9.17, 15) is 12.8 Å². The lowest BCUT2D eigenvalue weighted by molar-refractivity contribution is 0.601. The maximum Gasteiger partial charge on any atom is 0.191 e. The van der Waals surface area contributed by atoms with Crippen molar-refractivity contribution < 1.29 is 12.8 Å². The van der Waals surface area contributed by atoms with Gasteiger partial charge in [-0.05, 0) is 25.5 Å². The minimum Gasteiger partial charge on any atom is -0.357 e. The standard InChI is InChI=1S/C15H24FN5O2S/c1-3-17-15(19-8-10-24(2,22)23)20-12-6-9-21(11-12)14-13(16)5-4-7-18-14/h4-5,7,12H,3,6,8-11H2,1-2H3,(H2,17,19,20). The predicted octanol–water partition coefficient (Wildman–Crippen LogP) is 0.399. The fourth-order valence-electron chi connectivity index (χ4n) is 2.52. The highest BCUT2D eigenvalue weighted by molar-refractivity contribution is 7.90. The number of pyridine rings is 1. The van der Waals surface area contributed by atoms with Gasteiger partial charge in [0, 0.05) is 38.1 Å². The Hall–Kier alpha value is -1.90. The van der Waals surface area contributed by atoms with E-state index in [1.54, 1.807) is 12.3 Å². The van der Waals surface area contributed by atoms with Gasteiger partial charge in [-0.25, -0.2) is 17.8 Å². The van der Waals surface area contributed by atoms with Gasteiger partial charge in [0.2, 0.25) is 0 Å². The van der Waals surface area contributed by atoms with Gasteiger partial charge in [0.1, 0.15) is 9.84 Å². The van der Waals surface area contributed by atoms with Gasteiger partial charge in [0.05, 0.1) is 12.3 Å². The zero-order valence-corrected chi connectivity index (χ0v) is 14.8. The Morgan fingerprint density at radius 2 is 2.33 bits per heavy atom. The Labute approximate surface area is 142 Å². The van der Waals surface area contributed by atoms with Crippen LogP contribution < -0.4 is 15.5 Å². The van der Waals surface area contributed by atoms with Gasteiger partial charge >= 0.3 is 0 Å². The second kappa shape index (κ2) is 8.27. The third-order valence-electron chi connectivity index (χ3n) is 3.64. The van der Waals surface area contributed by atoms with Crippen LogP contribution in [0.1, 0.15) is 13.3 Å². The number of aromatic nitrogens is 1. The third-order valence-corrected chi connectivity index (χ3v) is 4.57.